The fraction of sp³-hybridized carbons (Fsp3) is 0.769. The van der Waals surface area contributed by atoms with E-state index in [-0.39, 0.29) is 18.7 Å². The molecule has 1 aromatic carbocycles. The second-order valence-corrected chi connectivity index (χ2v) is 10.9. The van der Waals surface area contributed by atoms with E-state index in [1.165, 1.54) is 24.8 Å². The van der Waals surface area contributed by atoms with E-state index in [1.807, 2.05) is 45.9 Å². The molecule has 2 fully saturated rings. The summed E-state index contributed by atoms with van der Waals surface area (Å²) in [5.41, 5.74) is 0.263. The molecule has 1 aliphatic heterocycles. The molecule has 1 saturated heterocycles. The first kappa shape index (κ1) is 24.7. The van der Waals surface area contributed by atoms with E-state index in [4.69, 9.17) is 9.31 Å². The lowest BCUT2D eigenvalue weighted by atomic mass is 9.63. The lowest BCUT2D eigenvalue weighted by Crippen LogP contribution is -2.41. The molecule has 0 bridgehead atoms. The van der Waals surface area contributed by atoms with Gasteiger partial charge >= 0.3 is 7.12 Å². The van der Waals surface area contributed by atoms with Crippen LogP contribution in [-0.4, -0.2) is 24.2 Å². The van der Waals surface area contributed by atoms with Gasteiger partial charge in [-0.1, -0.05) is 62.4 Å². The molecule has 0 aromatic heterocycles. The topological polar surface area (TPSA) is 18.5 Å². The van der Waals surface area contributed by atoms with E-state index >= 15 is 8.78 Å². The molecule has 0 spiro atoms. The molecule has 3 rings (SSSR count). The van der Waals surface area contributed by atoms with Crippen LogP contribution in [0.15, 0.2) is 30.3 Å². The summed E-state index contributed by atoms with van der Waals surface area (Å²) >= 11 is 0. The van der Waals surface area contributed by atoms with Crippen molar-refractivity contribution >= 4 is 7.12 Å². The molecule has 0 amide bonds. The highest BCUT2D eigenvalue weighted by molar-refractivity contribution is 6.47. The summed E-state index contributed by atoms with van der Waals surface area (Å²) in [7, 11) is -0.540. The molecule has 2 aliphatic rings. The normalized spacial score (nSPS) is 22.6. The van der Waals surface area contributed by atoms with E-state index < -0.39 is 24.2 Å². The Balaban J connectivity index is 1.58. The van der Waals surface area contributed by atoms with Crippen molar-refractivity contribution in [1.29, 1.82) is 0 Å². The molecular weight excluding hydrogens is 393 g/mol. The number of alkyl halides is 2. The number of benzene rings is 1. The molecular formula is C26H41BF2O2. The monoisotopic (exact) mass is 434 g/mol. The van der Waals surface area contributed by atoms with Gasteiger partial charge in [0, 0.05) is 12.8 Å². The Morgan fingerprint density at radius 2 is 1.58 bits per heavy atom. The van der Waals surface area contributed by atoms with Gasteiger partial charge in [-0.05, 0) is 70.7 Å². The van der Waals surface area contributed by atoms with E-state index in [0.29, 0.717) is 12.3 Å². The van der Waals surface area contributed by atoms with Gasteiger partial charge in [-0.2, -0.15) is 0 Å². The summed E-state index contributed by atoms with van der Waals surface area (Å²) in [4.78, 5) is 0. The molecule has 1 saturated carbocycles. The van der Waals surface area contributed by atoms with Crippen LogP contribution < -0.4 is 0 Å². The van der Waals surface area contributed by atoms with E-state index in [0.717, 1.165) is 32.1 Å². The third kappa shape index (κ3) is 7.02. The maximum Gasteiger partial charge on any atom is 0.461 e. The van der Waals surface area contributed by atoms with Gasteiger partial charge in [0.05, 0.1) is 11.2 Å². The van der Waals surface area contributed by atoms with Gasteiger partial charge < -0.3 is 9.31 Å². The molecule has 0 N–H and O–H groups in total. The fourth-order valence-electron chi connectivity index (χ4n) is 5.07. The lowest BCUT2D eigenvalue weighted by molar-refractivity contribution is -0.0242. The third-order valence-electron chi connectivity index (χ3n) is 7.68. The van der Waals surface area contributed by atoms with Gasteiger partial charge in [0.25, 0.3) is 0 Å². The van der Waals surface area contributed by atoms with Crippen molar-refractivity contribution in [3.05, 3.63) is 35.9 Å². The first-order chi connectivity index (χ1) is 14.6. The summed E-state index contributed by atoms with van der Waals surface area (Å²) in [6.07, 6.45) is 8.81. The molecule has 1 atom stereocenters. The Hall–Kier alpha value is -0.935. The Labute approximate surface area is 188 Å². The maximum absolute atomic E-state index is 15.1. The lowest BCUT2D eigenvalue weighted by Gasteiger charge is -2.32. The number of halogens is 2. The Morgan fingerprint density at radius 3 is 2.19 bits per heavy atom. The van der Waals surface area contributed by atoms with Crippen LogP contribution in [-0.2, 0) is 15.7 Å². The van der Waals surface area contributed by atoms with Crippen LogP contribution in [0.25, 0.3) is 0 Å². The van der Waals surface area contributed by atoms with Crippen LogP contribution in [0.1, 0.15) is 97.5 Å². The molecule has 0 unspecified atom stereocenters. The summed E-state index contributed by atoms with van der Waals surface area (Å²) in [6.45, 7) is 8.03. The van der Waals surface area contributed by atoms with Crippen molar-refractivity contribution in [2.24, 2.45) is 5.92 Å². The molecule has 0 radical (unpaired) electrons. The van der Waals surface area contributed by atoms with Crippen molar-refractivity contribution in [2.75, 3.05) is 0 Å². The van der Waals surface area contributed by atoms with Crippen LogP contribution in [0.4, 0.5) is 8.78 Å². The second-order valence-electron chi connectivity index (χ2n) is 10.9. The number of unbranched alkanes of at least 4 members (excludes halogenated alkanes) is 1. The highest BCUT2D eigenvalue weighted by Crippen LogP contribution is 2.46. The zero-order chi connectivity index (χ0) is 22.5. The number of hydrogen-bond donors (Lipinski definition) is 0. The molecule has 1 aromatic rings. The first-order valence-electron chi connectivity index (χ1n) is 12.4. The van der Waals surface area contributed by atoms with E-state index in [9.17, 15) is 0 Å². The Kier molecular flexibility index (Phi) is 8.24. The Morgan fingerprint density at radius 1 is 0.968 bits per heavy atom. The predicted molar refractivity (Wildman–Crippen MR) is 125 cm³/mol. The van der Waals surface area contributed by atoms with Gasteiger partial charge in [-0.25, -0.2) is 8.78 Å². The third-order valence-corrected chi connectivity index (χ3v) is 7.68. The van der Waals surface area contributed by atoms with Crippen molar-refractivity contribution in [3.63, 3.8) is 0 Å². The second kappa shape index (κ2) is 10.3. The van der Waals surface area contributed by atoms with Crippen molar-refractivity contribution < 1.29 is 18.1 Å². The molecule has 31 heavy (non-hydrogen) atoms. The smallest absolute Gasteiger partial charge is 0.403 e. The fourth-order valence-corrected chi connectivity index (χ4v) is 5.07. The van der Waals surface area contributed by atoms with Crippen LogP contribution in [0.2, 0.25) is 5.82 Å². The van der Waals surface area contributed by atoms with Crippen molar-refractivity contribution in [1.82, 2.24) is 0 Å². The van der Waals surface area contributed by atoms with Crippen molar-refractivity contribution in [3.8, 4) is 0 Å². The van der Waals surface area contributed by atoms with Gasteiger partial charge in [0.2, 0.25) is 5.92 Å². The summed E-state index contributed by atoms with van der Waals surface area (Å²) < 4.78 is 42.6. The average molecular weight is 434 g/mol. The zero-order valence-electron chi connectivity index (χ0n) is 20.0. The van der Waals surface area contributed by atoms with E-state index in [2.05, 4.69) is 12.1 Å². The highest BCUT2D eigenvalue weighted by atomic mass is 19.3. The van der Waals surface area contributed by atoms with Crippen LogP contribution >= 0.6 is 0 Å². The SMILES string of the molecule is CC1(C)OB([C@@H](CC2CCCCC2)CC(F)(F)CCCCc2ccccc2)OC1(C)C. The summed E-state index contributed by atoms with van der Waals surface area (Å²) in [6, 6.07) is 10.1. The van der Waals surface area contributed by atoms with Crippen LogP contribution in [0.3, 0.4) is 0 Å². The van der Waals surface area contributed by atoms with Gasteiger partial charge in [-0.15, -0.1) is 0 Å². The quantitative estimate of drug-likeness (QED) is 0.276. The van der Waals surface area contributed by atoms with E-state index in [1.54, 1.807) is 0 Å². The minimum Gasteiger partial charge on any atom is -0.403 e. The molecule has 1 aliphatic carbocycles. The molecule has 2 nitrogen and oxygen atoms in total. The molecule has 174 valence electrons. The first-order valence-corrected chi connectivity index (χ1v) is 12.4. The zero-order valence-corrected chi connectivity index (χ0v) is 20.0. The minimum atomic E-state index is -2.68. The van der Waals surface area contributed by atoms with Gasteiger partial charge in [0.15, 0.2) is 0 Å². The minimum absolute atomic E-state index is 0.0551. The maximum atomic E-state index is 15.1. The average Bonchev–Trinajstić information content (AvgIpc) is 2.93. The predicted octanol–water partition coefficient (Wildman–Crippen LogP) is 7.86. The van der Waals surface area contributed by atoms with Crippen LogP contribution in [0, 0.1) is 5.92 Å². The van der Waals surface area contributed by atoms with Gasteiger partial charge in [0.1, 0.15) is 0 Å². The molecule has 1 heterocycles. The number of hydrogen-bond acceptors (Lipinski definition) is 2. The number of aryl methyl sites for hydroxylation is 1. The van der Waals surface area contributed by atoms with Crippen molar-refractivity contribution in [2.45, 2.75) is 121 Å². The summed E-state index contributed by atoms with van der Waals surface area (Å²) in [5.74, 6) is -2.42. The molecule has 5 heteroatoms. The Bertz CT molecular complexity index is 655. The number of rotatable bonds is 10. The van der Waals surface area contributed by atoms with Gasteiger partial charge in [-0.3, -0.25) is 0 Å². The highest BCUT2D eigenvalue weighted by Gasteiger charge is 2.55. The van der Waals surface area contributed by atoms with Crippen LogP contribution in [0.5, 0.6) is 0 Å². The summed E-state index contributed by atoms with van der Waals surface area (Å²) in [5, 5.41) is 0. The standard InChI is InChI=1S/C26H41BF2O2/c1-24(2)25(3,4)31-27(30-24)23(19-22-16-9-6-10-17-22)20-26(28,29)18-12-11-15-21-13-7-5-8-14-21/h5,7-8,13-14,22-23H,6,9-12,15-20H2,1-4H3/t23-/m0/s1. The largest absolute Gasteiger partial charge is 0.461 e.